The predicted octanol–water partition coefficient (Wildman–Crippen LogP) is 15.6. The molecule has 8 heterocycles. The Hall–Kier alpha value is -12.0. The molecule has 24 heteroatoms. The molecular formula is C90H100N16O8. The zero-order valence-electron chi connectivity index (χ0n) is 66.3. The highest BCUT2D eigenvalue weighted by Crippen LogP contribution is 2.41. The highest BCUT2D eigenvalue weighted by Gasteiger charge is 2.42. The zero-order chi connectivity index (χ0) is 79.6. The average Bonchev–Trinajstić information content (AvgIpc) is 1.58. The minimum Gasteiger partial charge on any atom is -0.453 e. The summed E-state index contributed by atoms with van der Waals surface area (Å²) in [7, 11) is 10.4. The molecule has 4 fully saturated rings. The molecule has 0 radical (unpaired) electrons. The Labute approximate surface area is 663 Å². The van der Waals surface area contributed by atoms with Crippen LogP contribution in [-0.4, -0.2) is 186 Å². The average molecular weight is 1530 g/mol. The lowest BCUT2D eigenvalue weighted by molar-refractivity contribution is -0.138. The third-order valence-corrected chi connectivity index (χ3v) is 23.1. The van der Waals surface area contributed by atoms with Gasteiger partial charge in [-0.3, -0.25) is 29.0 Å². The van der Waals surface area contributed by atoms with Crippen LogP contribution in [0.5, 0.6) is 0 Å². The minimum absolute atomic E-state index is 0.0962. The van der Waals surface area contributed by atoms with E-state index in [0.29, 0.717) is 26.2 Å². The number of carbonyl (C=O) groups excluding carboxylic acids is 6. The zero-order valence-corrected chi connectivity index (χ0v) is 66.3. The van der Waals surface area contributed by atoms with Gasteiger partial charge in [-0.1, -0.05) is 149 Å². The summed E-state index contributed by atoms with van der Waals surface area (Å²) < 4.78 is 9.56. The van der Waals surface area contributed by atoms with Crippen LogP contribution < -0.4 is 10.6 Å². The third kappa shape index (κ3) is 15.9. The number of nitrogens with one attached hydrogen (secondary N) is 6. The van der Waals surface area contributed by atoms with Crippen LogP contribution in [0.4, 0.5) is 9.59 Å². The van der Waals surface area contributed by atoms with Gasteiger partial charge in [-0.15, -0.1) is 0 Å². The van der Waals surface area contributed by atoms with Crippen LogP contribution in [0.1, 0.15) is 150 Å². The number of hydrogen-bond acceptors (Lipinski definition) is 14. The number of likely N-dealkylation sites (N-methyl/N-ethyl adjacent to an activating group) is 2. The van der Waals surface area contributed by atoms with E-state index in [1.165, 1.54) is 14.2 Å². The Kier molecular flexibility index (Phi) is 22.6. The Morgan fingerprint density at radius 3 is 1.05 bits per heavy atom. The van der Waals surface area contributed by atoms with E-state index in [1.807, 2.05) is 164 Å². The molecule has 4 aromatic heterocycles. The number of imidazole rings is 4. The fourth-order valence-electron chi connectivity index (χ4n) is 17.1. The number of ether oxygens (including phenoxy) is 2. The molecule has 4 saturated heterocycles. The number of nitrogens with zero attached hydrogens (tertiary/aromatic N) is 10. The van der Waals surface area contributed by atoms with Gasteiger partial charge >= 0.3 is 12.2 Å². The molecular weight excluding hydrogens is 1430 g/mol. The normalized spacial score (nSPS) is 18.2. The number of alkyl carbamates (subject to hydrolysis) is 2. The Morgan fingerprint density at radius 1 is 0.395 bits per heavy atom. The van der Waals surface area contributed by atoms with E-state index in [1.54, 1.807) is 0 Å². The lowest BCUT2D eigenvalue weighted by Gasteiger charge is -2.31. The van der Waals surface area contributed by atoms with Gasteiger partial charge in [-0.05, 0) is 195 Å². The van der Waals surface area contributed by atoms with Crippen molar-refractivity contribution in [2.24, 2.45) is 11.8 Å². The van der Waals surface area contributed by atoms with Crippen LogP contribution in [-0.2, 0) is 28.7 Å². The topological polar surface area (TPSA) is 279 Å². The van der Waals surface area contributed by atoms with Crippen LogP contribution >= 0.6 is 0 Å². The number of benzene rings is 8. The molecule has 0 unspecified atom stereocenters. The van der Waals surface area contributed by atoms with Gasteiger partial charge in [0.2, 0.25) is 23.6 Å². The van der Waals surface area contributed by atoms with Crippen molar-refractivity contribution in [3.05, 3.63) is 217 Å². The summed E-state index contributed by atoms with van der Waals surface area (Å²) >= 11 is 0. The van der Waals surface area contributed by atoms with Gasteiger partial charge in [-0.25, -0.2) is 29.5 Å². The molecule has 8 atom stereocenters. The SMILES string of the molecule is COC(=O)N[C@H](C(=O)N1CCC[C@H]1c1nc2ccc(-c3ccc4cc(-c5cnc([C@@H]6CCCN6C(=O)[C@@H](c6ccccc6)N(C)C)[nH]5)ccc4c3)cc2[nH]1)C(C)C.COC(=O)N[C@H](C(=O)N1CCC[C@H]1c1ncc(-c2ccc3cc(-c4ccc5nc([C@@H]6CCCN6C(=O)[C@@H](c6ccccc6)N(C)C)[nH]c5c4)ccc3c2)[nH]1)C(C)C. The molecule has 0 aliphatic carbocycles. The first kappa shape index (κ1) is 77.3. The van der Waals surface area contributed by atoms with Gasteiger partial charge < -0.3 is 59.6 Å². The molecule has 0 saturated carbocycles. The third-order valence-electron chi connectivity index (χ3n) is 23.1. The number of likely N-dealkylation sites (tertiary alicyclic amines) is 4. The van der Waals surface area contributed by atoms with Crippen molar-refractivity contribution in [3.8, 4) is 44.8 Å². The van der Waals surface area contributed by atoms with Gasteiger partial charge in [0, 0.05) is 37.3 Å². The fraction of sp³-hybridized carbons (Fsp3) is 0.356. The number of hydrogen-bond donors (Lipinski definition) is 6. The smallest absolute Gasteiger partial charge is 0.407 e. The second-order valence-corrected chi connectivity index (χ2v) is 31.7. The monoisotopic (exact) mass is 1530 g/mol. The van der Waals surface area contributed by atoms with E-state index >= 15 is 0 Å². The molecule has 4 aliphatic rings. The summed E-state index contributed by atoms with van der Waals surface area (Å²) in [4.78, 5) is 124. The van der Waals surface area contributed by atoms with E-state index in [4.69, 9.17) is 29.4 Å². The van der Waals surface area contributed by atoms with Gasteiger partial charge in [0.05, 0.1) is 84.2 Å². The van der Waals surface area contributed by atoms with Crippen molar-refractivity contribution >= 4 is 79.4 Å². The maximum Gasteiger partial charge on any atom is 0.407 e. The first-order valence-electron chi connectivity index (χ1n) is 39.7. The Bertz CT molecular complexity index is 5510. The van der Waals surface area contributed by atoms with Crippen LogP contribution in [0.15, 0.2) is 182 Å². The molecule has 0 spiro atoms. The first-order valence-corrected chi connectivity index (χ1v) is 39.7. The van der Waals surface area contributed by atoms with Crippen LogP contribution in [0.3, 0.4) is 0 Å². The number of H-pyrrole nitrogens is 4. The molecule has 16 rings (SSSR count). The summed E-state index contributed by atoms with van der Waals surface area (Å²) in [6.07, 6.45) is 9.38. The number of aromatic amines is 4. The minimum atomic E-state index is -0.684. The van der Waals surface area contributed by atoms with E-state index in [0.717, 1.165) is 174 Å². The van der Waals surface area contributed by atoms with Crippen molar-refractivity contribution in [2.75, 3.05) is 68.6 Å². The molecule has 0 bridgehead atoms. The Morgan fingerprint density at radius 2 is 0.711 bits per heavy atom. The Balaban J connectivity index is 0.000000180. The van der Waals surface area contributed by atoms with Crippen LogP contribution in [0.25, 0.3) is 88.4 Å². The van der Waals surface area contributed by atoms with Gasteiger partial charge in [0.25, 0.3) is 0 Å². The highest BCUT2D eigenvalue weighted by atomic mass is 16.5. The first-order chi connectivity index (χ1) is 55.2. The summed E-state index contributed by atoms with van der Waals surface area (Å²) in [6, 6.07) is 55.5. The fourth-order valence-corrected chi connectivity index (χ4v) is 17.1. The van der Waals surface area contributed by atoms with Gasteiger partial charge in [0.1, 0.15) is 47.5 Å². The summed E-state index contributed by atoms with van der Waals surface area (Å²) in [5.41, 5.74) is 13.7. The maximum absolute atomic E-state index is 14.0. The molecule has 8 aromatic carbocycles. The standard InChI is InChI=1S/2C45H50N8O4/c1-27(2)39(50-45(56)57-5)43(54)52-21-10-14-38(52)42-47-34-20-19-32(25-35(34)48-42)30-15-16-31-24-33(18-17-29(31)23-30)36-26-46-41(49-36)37-13-9-22-53(37)44(55)40(51(3)4)28-11-7-6-8-12-28;1-27(2)39(50-45(56)57-5)43(54)52-21-9-13-37(52)41-46-26-36(49-41)33-18-17-29-23-30(15-16-31(29)24-33)32-19-20-34-35(25-32)48-42(47-34)38-14-10-22-53(38)44(55)40(51(3)4)28-11-7-6-8-12-28/h2*6-8,11-12,15-20,23-27,37-40H,9-10,13-14,21-22H2,1-5H3,(H,46,49)(H,47,48)(H,50,56)/t2*37-,38-,39-,40+/m00/s1. The van der Waals surface area contributed by atoms with E-state index in [9.17, 15) is 28.8 Å². The molecule has 4 aliphatic heterocycles. The van der Waals surface area contributed by atoms with Crippen molar-refractivity contribution < 1.29 is 38.2 Å². The molecule has 114 heavy (non-hydrogen) atoms. The molecule has 24 nitrogen and oxygen atoms in total. The molecule has 12 aromatic rings. The maximum atomic E-state index is 14.0. The van der Waals surface area contributed by atoms with Crippen molar-refractivity contribution in [1.29, 1.82) is 0 Å². The van der Waals surface area contributed by atoms with E-state index in [-0.39, 0.29) is 71.7 Å². The summed E-state index contributed by atoms with van der Waals surface area (Å²) in [6.45, 7) is 10.3. The number of aromatic nitrogens is 8. The highest BCUT2D eigenvalue weighted by molar-refractivity contribution is 5.95. The number of methoxy groups -OCH3 is 2. The largest absolute Gasteiger partial charge is 0.453 e. The van der Waals surface area contributed by atoms with Gasteiger partial charge in [-0.2, -0.15) is 0 Å². The molecule has 588 valence electrons. The lowest BCUT2D eigenvalue weighted by atomic mass is 9.99. The number of amides is 6. The van der Waals surface area contributed by atoms with Crippen molar-refractivity contribution in [3.63, 3.8) is 0 Å². The van der Waals surface area contributed by atoms with E-state index in [2.05, 4.69) is 134 Å². The van der Waals surface area contributed by atoms with Gasteiger partial charge in [0.15, 0.2) is 0 Å². The lowest BCUT2D eigenvalue weighted by Crippen LogP contribution is -2.51. The molecule has 6 N–H and O–H groups in total. The van der Waals surface area contributed by atoms with Crippen molar-refractivity contribution in [1.82, 2.24) is 79.9 Å². The summed E-state index contributed by atoms with van der Waals surface area (Å²) in [5, 5.41) is 9.86. The molecule has 6 amide bonds. The van der Waals surface area contributed by atoms with Crippen LogP contribution in [0.2, 0.25) is 0 Å². The predicted molar refractivity (Wildman–Crippen MR) is 442 cm³/mol. The second kappa shape index (κ2) is 33.3. The van der Waals surface area contributed by atoms with Crippen molar-refractivity contribution in [2.45, 2.75) is 127 Å². The van der Waals surface area contributed by atoms with Crippen LogP contribution in [0, 0.1) is 11.8 Å². The second-order valence-electron chi connectivity index (χ2n) is 31.7. The quantitative estimate of drug-likeness (QED) is 0.0414. The number of fused-ring (bicyclic) bond motifs is 4. The van der Waals surface area contributed by atoms with E-state index < -0.39 is 24.3 Å². The number of carbonyl (C=O) groups is 6. The summed E-state index contributed by atoms with van der Waals surface area (Å²) in [5.74, 6) is 2.87. The number of rotatable bonds is 20.